The van der Waals surface area contributed by atoms with Crippen LogP contribution < -0.4 is 0 Å². The van der Waals surface area contributed by atoms with Crippen LogP contribution in [-0.2, 0) is 0 Å². The summed E-state index contributed by atoms with van der Waals surface area (Å²) >= 11 is 0. The summed E-state index contributed by atoms with van der Waals surface area (Å²) in [5, 5.41) is 0. The van der Waals surface area contributed by atoms with Gasteiger partial charge in [-0.2, -0.15) is 0 Å². The molecule has 0 fully saturated rings. The number of allylic oxidation sites excluding steroid dienone is 1. The van der Waals surface area contributed by atoms with Crippen molar-refractivity contribution < 1.29 is 0 Å². The summed E-state index contributed by atoms with van der Waals surface area (Å²) in [6.07, 6.45) is 9.98. The third kappa shape index (κ3) is 9.74. The molecule has 0 amide bonds. The van der Waals surface area contributed by atoms with Crippen molar-refractivity contribution in [3.63, 3.8) is 0 Å². The highest BCUT2D eigenvalue weighted by Crippen LogP contribution is 2.11. The van der Waals surface area contributed by atoms with Crippen LogP contribution in [0, 0.1) is 5.92 Å². The zero-order valence-electron chi connectivity index (χ0n) is 8.03. The Balaban J connectivity index is 2.85. The molecule has 0 saturated carbocycles. The molecule has 11 heavy (non-hydrogen) atoms. The third-order valence-electron chi connectivity index (χ3n) is 1.84. The van der Waals surface area contributed by atoms with Gasteiger partial charge in [-0.3, -0.25) is 0 Å². The molecule has 0 saturated heterocycles. The van der Waals surface area contributed by atoms with Crippen LogP contribution in [-0.4, -0.2) is 0 Å². The molecular weight excluding hydrogens is 132 g/mol. The molecule has 0 aliphatic carbocycles. The van der Waals surface area contributed by atoms with E-state index in [1.54, 1.807) is 5.92 Å². The fraction of sp³-hybridized carbons (Fsp3) is 0.727. The standard InChI is InChI=1S/C11H21/c1-4-5-6-7-8-9-10-11(2)3/h4H,1,5-10H2,2-3H3. The average molecular weight is 153 g/mol. The SMILES string of the molecule is C=CCCCCCC[C](C)C. The van der Waals surface area contributed by atoms with Gasteiger partial charge in [0.1, 0.15) is 0 Å². The molecule has 0 aliphatic rings. The second-order valence-corrected chi connectivity index (χ2v) is 3.45. The minimum absolute atomic E-state index is 1.19. The second-order valence-electron chi connectivity index (χ2n) is 3.45. The Hall–Kier alpha value is -0.260. The zero-order chi connectivity index (χ0) is 8.53. The van der Waals surface area contributed by atoms with Crippen molar-refractivity contribution in [2.45, 2.75) is 52.4 Å². The molecule has 0 heterocycles. The molecule has 65 valence electrons. The summed E-state index contributed by atoms with van der Waals surface area (Å²) < 4.78 is 0. The highest BCUT2D eigenvalue weighted by atomic mass is 14.0. The number of hydrogen-bond acceptors (Lipinski definition) is 0. The van der Waals surface area contributed by atoms with E-state index >= 15 is 0 Å². The topological polar surface area (TPSA) is 0 Å². The average Bonchev–Trinajstić information content (AvgIpc) is 1.96. The molecule has 0 aromatic carbocycles. The minimum Gasteiger partial charge on any atom is -0.103 e. The van der Waals surface area contributed by atoms with Crippen LogP contribution in [0.15, 0.2) is 12.7 Å². The maximum absolute atomic E-state index is 3.70. The van der Waals surface area contributed by atoms with E-state index in [0.29, 0.717) is 0 Å². The molecule has 0 aromatic heterocycles. The molecule has 0 spiro atoms. The fourth-order valence-electron chi connectivity index (χ4n) is 1.12. The lowest BCUT2D eigenvalue weighted by Gasteiger charge is -2.02. The van der Waals surface area contributed by atoms with E-state index in [-0.39, 0.29) is 0 Å². The normalized spacial score (nSPS) is 10.5. The molecule has 1 radical (unpaired) electrons. The van der Waals surface area contributed by atoms with Gasteiger partial charge in [0.05, 0.1) is 0 Å². The van der Waals surface area contributed by atoms with Crippen LogP contribution in [0.2, 0.25) is 0 Å². The molecule has 0 unspecified atom stereocenters. The summed E-state index contributed by atoms with van der Waals surface area (Å²) in [6, 6.07) is 0. The first kappa shape index (κ1) is 10.7. The van der Waals surface area contributed by atoms with Crippen molar-refractivity contribution in [2.24, 2.45) is 0 Å². The van der Waals surface area contributed by atoms with Crippen molar-refractivity contribution in [2.75, 3.05) is 0 Å². The van der Waals surface area contributed by atoms with Crippen LogP contribution in [0.3, 0.4) is 0 Å². The van der Waals surface area contributed by atoms with E-state index in [1.165, 1.54) is 38.5 Å². The first-order valence-electron chi connectivity index (χ1n) is 4.67. The summed E-state index contributed by atoms with van der Waals surface area (Å²) in [6.45, 7) is 8.13. The van der Waals surface area contributed by atoms with Crippen LogP contribution in [0.4, 0.5) is 0 Å². The first-order chi connectivity index (χ1) is 5.27. The van der Waals surface area contributed by atoms with Gasteiger partial charge in [-0.1, -0.05) is 39.2 Å². The Labute approximate surface area is 71.7 Å². The van der Waals surface area contributed by atoms with E-state index < -0.39 is 0 Å². The highest BCUT2D eigenvalue weighted by Gasteiger charge is 1.93. The van der Waals surface area contributed by atoms with Gasteiger partial charge in [-0.05, 0) is 25.2 Å². The Morgan fingerprint density at radius 3 is 2.27 bits per heavy atom. The van der Waals surface area contributed by atoms with Crippen molar-refractivity contribution in [1.82, 2.24) is 0 Å². The van der Waals surface area contributed by atoms with Gasteiger partial charge in [0, 0.05) is 0 Å². The predicted octanol–water partition coefficient (Wildman–Crippen LogP) is 4.13. The van der Waals surface area contributed by atoms with Gasteiger partial charge >= 0.3 is 0 Å². The van der Waals surface area contributed by atoms with Crippen molar-refractivity contribution in [3.8, 4) is 0 Å². The third-order valence-corrected chi connectivity index (χ3v) is 1.84. The van der Waals surface area contributed by atoms with E-state index in [4.69, 9.17) is 0 Å². The quantitative estimate of drug-likeness (QED) is 0.381. The van der Waals surface area contributed by atoms with Gasteiger partial charge in [0.25, 0.3) is 0 Å². The number of unbranched alkanes of at least 4 members (excludes halogenated alkanes) is 4. The van der Waals surface area contributed by atoms with Crippen LogP contribution in [0.5, 0.6) is 0 Å². The number of hydrogen-bond donors (Lipinski definition) is 0. The zero-order valence-corrected chi connectivity index (χ0v) is 8.03. The lowest BCUT2D eigenvalue weighted by Crippen LogP contribution is -1.84. The maximum atomic E-state index is 3.70. The summed E-state index contributed by atoms with van der Waals surface area (Å²) in [7, 11) is 0. The summed E-state index contributed by atoms with van der Waals surface area (Å²) in [4.78, 5) is 0. The molecular formula is C11H21. The van der Waals surface area contributed by atoms with E-state index in [0.717, 1.165) is 0 Å². The van der Waals surface area contributed by atoms with Crippen LogP contribution in [0.25, 0.3) is 0 Å². The largest absolute Gasteiger partial charge is 0.103 e. The van der Waals surface area contributed by atoms with E-state index in [2.05, 4.69) is 20.4 Å². The van der Waals surface area contributed by atoms with Gasteiger partial charge in [-0.15, -0.1) is 6.58 Å². The minimum atomic E-state index is 1.19. The second kappa shape index (κ2) is 7.84. The molecule has 0 aromatic rings. The Bertz CT molecular complexity index is 82.0. The molecule has 0 heteroatoms. The van der Waals surface area contributed by atoms with Gasteiger partial charge in [-0.25, -0.2) is 0 Å². The van der Waals surface area contributed by atoms with E-state index in [1.807, 2.05) is 6.08 Å². The summed E-state index contributed by atoms with van der Waals surface area (Å²) in [5.74, 6) is 1.56. The fourth-order valence-corrected chi connectivity index (χ4v) is 1.12. The first-order valence-corrected chi connectivity index (χ1v) is 4.67. The Morgan fingerprint density at radius 1 is 1.09 bits per heavy atom. The maximum Gasteiger partial charge on any atom is -0.0303 e. The Kier molecular flexibility index (Phi) is 7.66. The molecule has 0 atom stereocenters. The molecule has 0 nitrogen and oxygen atoms in total. The van der Waals surface area contributed by atoms with Crippen LogP contribution in [0.1, 0.15) is 52.4 Å². The van der Waals surface area contributed by atoms with Crippen molar-refractivity contribution in [1.29, 1.82) is 0 Å². The molecule has 0 N–H and O–H groups in total. The van der Waals surface area contributed by atoms with Crippen molar-refractivity contribution >= 4 is 0 Å². The monoisotopic (exact) mass is 153 g/mol. The lowest BCUT2D eigenvalue weighted by atomic mass is 10.0. The summed E-state index contributed by atoms with van der Waals surface area (Å²) in [5.41, 5.74) is 0. The van der Waals surface area contributed by atoms with Gasteiger partial charge in [0.15, 0.2) is 0 Å². The van der Waals surface area contributed by atoms with Crippen molar-refractivity contribution in [3.05, 3.63) is 18.6 Å². The Morgan fingerprint density at radius 2 is 1.73 bits per heavy atom. The molecule has 0 aliphatic heterocycles. The lowest BCUT2D eigenvalue weighted by molar-refractivity contribution is 0.625. The molecule has 0 rings (SSSR count). The van der Waals surface area contributed by atoms with Gasteiger partial charge < -0.3 is 0 Å². The predicted molar refractivity (Wildman–Crippen MR) is 52.5 cm³/mol. The molecule has 0 bridgehead atoms. The smallest absolute Gasteiger partial charge is 0.0303 e. The highest BCUT2D eigenvalue weighted by molar-refractivity contribution is 4.75. The van der Waals surface area contributed by atoms with Crippen LogP contribution >= 0.6 is 0 Å². The van der Waals surface area contributed by atoms with Gasteiger partial charge in [0.2, 0.25) is 0 Å². The van der Waals surface area contributed by atoms with E-state index in [9.17, 15) is 0 Å². The number of rotatable bonds is 7.